The Morgan fingerprint density at radius 1 is 1.39 bits per heavy atom. The van der Waals surface area contributed by atoms with E-state index in [0.717, 1.165) is 18.4 Å². The van der Waals surface area contributed by atoms with Crippen molar-refractivity contribution in [1.29, 1.82) is 0 Å². The topological polar surface area (TPSA) is 57.6 Å². The zero-order chi connectivity index (χ0) is 13.1. The molecule has 4 heteroatoms. The summed E-state index contributed by atoms with van der Waals surface area (Å²) in [5.74, 6) is -0.904. The Kier molecular flexibility index (Phi) is 3.65. The van der Waals surface area contributed by atoms with Gasteiger partial charge in [0.15, 0.2) is 0 Å². The third kappa shape index (κ3) is 2.70. The molecule has 1 N–H and O–H groups in total. The number of hydrogen-bond acceptors (Lipinski definition) is 2. The van der Waals surface area contributed by atoms with Crippen molar-refractivity contribution in [3.05, 3.63) is 35.4 Å². The molecule has 96 valence electrons. The molecule has 2 rings (SSSR count). The number of nitrogens with zero attached hydrogens (tertiary/aromatic N) is 1. The molecule has 0 aliphatic heterocycles. The van der Waals surface area contributed by atoms with Crippen LogP contribution in [-0.4, -0.2) is 35.0 Å². The summed E-state index contributed by atoms with van der Waals surface area (Å²) in [5, 5.41) is 8.89. The minimum atomic E-state index is -0.961. The van der Waals surface area contributed by atoms with E-state index in [1.54, 1.807) is 23.1 Å². The highest BCUT2D eigenvalue weighted by atomic mass is 16.4. The minimum absolute atomic E-state index is 0.0576. The average Bonchev–Trinajstić information content (AvgIpc) is 2.26. The van der Waals surface area contributed by atoms with Gasteiger partial charge in [0.1, 0.15) is 0 Å². The van der Waals surface area contributed by atoms with Crippen LogP contribution in [0.25, 0.3) is 0 Å². The first kappa shape index (κ1) is 12.6. The molecule has 0 heterocycles. The number of carbonyl (C=O) groups is 2. The summed E-state index contributed by atoms with van der Waals surface area (Å²) in [6.07, 6.45) is 3.62. The maximum absolute atomic E-state index is 12.0. The third-order valence-electron chi connectivity index (χ3n) is 3.55. The standard InChI is InChI=1S/C14H17NO3/c1-15(12-6-3-7-12)13(16)9-10-4-2-5-11(8-10)14(17)18/h2,4-5,8,12H,3,6-7,9H2,1H3,(H,17,18). The molecule has 1 aliphatic rings. The molecule has 0 aromatic heterocycles. The van der Waals surface area contributed by atoms with Crippen LogP contribution in [0.4, 0.5) is 0 Å². The van der Waals surface area contributed by atoms with Gasteiger partial charge in [-0.25, -0.2) is 4.79 Å². The van der Waals surface area contributed by atoms with Gasteiger partial charge in [-0.2, -0.15) is 0 Å². The van der Waals surface area contributed by atoms with Crippen LogP contribution >= 0.6 is 0 Å². The number of hydrogen-bond donors (Lipinski definition) is 1. The molecular weight excluding hydrogens is 230 g/mol. The van der Waals surface area contributed by atoms with Gasteiger partial charge in [0.2, 0.25) is 5.91 Å². The first-order chi connectivity index (χ1) is 8.58. The Balaban J connectivity index is 2.02. The fourth-order valence-corrected chi connectivity index (χ4v) is 2.09. The third-order valence-corrected chi connectivity index (χ3v) is 3.55. The molecule has 1 aromatic rings. The summed E-state index contributed by atoms with van der Waals surface area (Å²) in [4.78, 5) is 24.6. The number of amides is 1. The number of aromatic carboxylic acids is 1. The number of likely N-dealkylation sites (N-methyl/N-ethyl adjacent to an activating group) is 1. The molecule has 0 radical (unpaired) electrons. The predicted octanol–water partition coefficient (Wildman–Crippen LogP) is 1.94. The molecule has 0 atom stereocenters. The van der Waals surface area contributed by atoms with Gasteiger partial charge in [-0.15, -0.1) is 0 Å². The molecule has 4 nitrogen and oxygen atoms in total. The molecule has 0 saturated heterocycles. The predicted molar refractivity (Wildman–Crippen MR) is 67.5 cm³/mol. The van der Waals surface area contributed by atoms with E-state index in [1.165, 1.54) is 12.5 Å². The summed E-state index contributed by atoms with van der Waals surface area (Å²) in [5.41, 5.74) is 0.984. The van der Waals surface area contributed by atoms with Crippen LogP contribution in [0.1, 0.15) is 35.2 Å². The number of carboxylic acids is 1. The van der Waals surface area contributed by atoms with Crippen molar-refractivity contribution in [3.63, 3.8) is 0 Å². The summed E-state index contributed by atoms with van der Waals surface area (Å²) in [6, 6.07) is 6.94. The maximum Gasteiger partial charge on any atom is 0.335 e. The first-order valence-electron chi connectivity index (χ1n) is 6.16. The van der Waals surface area contributed by atoms with Crippen LogP contribution in [0.2, 0.25) is 0 Å². The first-order valence-corrected chi connectivity index (χ1v) is 6.16. The smallest absolute Gasteiger partial charge is 0.335 e. The normalized spacial score (nSPS) is 14.9. The van der Waals surface area contributed by atoms with Crippen molar-refractivity contribution < 1.29 is 14.7 Å². The Labute approximate surface area is 106 Å². The second-order valence-electron chi connectivity index (χ2n) is 4.77. The van der Waals surface area contributed by atoms with Crippen LogP contribution < -0.4 is 0 Å². The van der Waals surface area contributed by atoms with Crippen LogP contribution in [0.5, 0.6) is 0 Å². The monoisotopic (exact) mass is 247 g/mol. The number of carboxylic acid groups (broad SMARTS) is 1. The van der Waals surface area contributed by atoms with Gasteiger partial charge in [0, 0.05) is 13.1 Å². The molecule has 0 unspecified atom stereocenters. The van der Waals surface area contributed by atoms with E-state index in [2.05, 4.69) is 0 Å². The van der Waals surface area contributed by atoms with Gasteiger partial charge in [0.25, 0.3) is 0 Å². The SMILES string of the molecule is CN(C(=O)Cc1cccc(C(=O)O)c1)C1CCC1. The van der Waals surface area contributed by atoms with E-state index in [0.29, 0.717) is 6.04 Å². The van der Waals surface area contributed by atoms with Crippen molar-refractivity contribution in [3.8, 4) is 0 Å². The highest BCUT2D eigenvalue weighted by molar-refractivity contribution is 5.88. The molecule has 1 amide bonds. The number of benzene rings is 1. The minimum Gasteiger partial charge on any atom is -0.478 e. The highest BCUT2D eigenvalue weighted by Gasteiger charge is 2.25. The van der Waals surface area contributed by atoms with Gasteiger partial charge in [-0.3, -0.25) is 4.79 Å². The molecule has 1 aromatic carbocycles. The van der Waals surface area contributed by atoms with Gasteiger partial charge < -0.3 is 10.0 Å². The Bertz CT molecular complexity index is 466. The van der Waals surface area contributed by atoms with Crippen LogP contribution in [-0.2, 0) is 11.2 Å². The lowest BCUT2D eigenvalue weighted by atomic mass is 9.91. The van der Waals surface area contributed by atoms with Crippen molar-refractivity contribution in [2.45, 2.75) is 31.7 Å². The quantitative estimate of drug-likeness (QED) is 0.884. The average molecular weight is 247 g/mol. The summed E-state index contributed by atoms with van der Waals surface area (Å²) < 4.78 is 0. The van der Waals surface area contributed by atoms with Gasteiger partial charge >= 0.3 is 5.97 Å². The molecule has 1 aliphatic carbocycles. The lowest BCUT2D eigenvalue weighted by molar-refractivity contribution is -0.132. The Morgan fingerprint density at radius 3 is 2.67 bits per heavy atom. The molecule has 0 spiro atoms. The van der Waals surface area contributed by atoms with Crippen molar-refractivity contribution in [2.24, 2.45) is 0 Å². The highest BCUT2D eigenvalue weighted by Crippen LogP contribution is 2.24. The molecular formula is C14H17NO3. The second kappa shape index (κ2) is 5.21. The van der Waals surface area contributed by atoms with E-state index in [9.17, 15) is 9.59 Å². The lowest BCUT2D eigenvalue weighted by Crippen LogP contribution is -2.42. The van der Waals surface area contributed by atoms with E-state index < -0.39 is 5.97 Å². The van der Waals surface area contributed by atoms with Gasteiger partial charge in [0.05, 0.1) is 12.0 Å². The van der Waals surface area contributed by atoms with Crippen molar-refractivity contribution in [1.82, 2.24) is 4.90 Å². The van der Waals surface area contributed by atoms with E-state index in [-0.39, 0.29) is 17.9 Å². The van der Waals surface area contributed by atoms with Crippen LogP contribution in [0.3, 0.4) is 0 Å². The summed E-state index contributed by atoms with van der Waals surface area (Å²) in [6.45, 7) is 0. The summed E-state index contributed by atoms with van der Waals surface area (Å²) >= 11 is 0. The lowest BCUT2D eigenvalue weighted by Gasteiger charge is -2.34. The fourth-order valence-electron chi connectivity index (χ4n) is 2.09. The van der Waals surface area contributed by atoms with Crippen molar-refractivity contribution in [2.75, 3.05) is 7.05 Å². The Morgan fingerprint density at radius 2 is 2.11 bits per heavy atom. The zero-order valence-corrected chi connectivity index (χ0v) is 10.4. The zero-order valence-electron chi connectivity index (χ0n) is 10.4. The molecule has 0 bridgehead atoms. The second-order valence-corrected chi connectivity index (χ2v) is 4.77. The van der Waals surface area contributed by atoms with E-state index >= 15 is 0 Å². The van der Waals surface area contributed by atoms with Crippen molar-refractivity contribution >= 4 is 11.9 Å². The molecule has 18 heavy (non-hydrogen) atoms. The summed E-state index contributed by atoms with van der Waals surface area (Å²) in [7, 11) is 1.83. The Hall–Kier alpha value is -1.84. The number of carbonyl (C=O) groups excluding carboxylic acids is 1. The van der Waals surface area contributed by atoms with E-state index in [4.69, 9.17) is 5.11 Å². The van der Waals surface area contributed by atoms with Crippen LogP contribution in [0, 0.1) is 0 Å². The molecule has 1 fully saturated rings. The van der Waals surface area contributed by atoms with Gasteiger partial charge in [-0.1, -0.05) is 12.1 Å². The fraction of sp³-hybridized carbons (Fsp3) is 0.429. The van der Waals surface area contributed by atoms with Crippen LogP contribution in [0.15, 0.2) is 24.3 Å². The molecule has 1 saturated carbocycles. The van der Waals surface area contributed by atoms with Gasteiger partial charge in [-0.05, 0) is 37.0 Å². The number of rotatable bonds is 4. The maximum atomic E-state index is 12.0. The largest absolute Gasteiger partial charge is 0.478 e. The van der Waals surface area contributed by atoms with E-state index in [1.807, 2.05) is 7.05 Å².